The van der Waals surface area contributed by atoms with Gasteiger partial charge in [-0.3, -0.25) is 9.48 Å². The van der Waals surface area contributed by atoms with Crippen molar-refractivity contribution in [3.63, 3.8) is 0 Å². The number of carbonyl (C=O) groups excluding carboxylic acids is 2. The Labute approximate surface area is 99.1 Å². The summed E-state index contributed by atoms with van der Waals surface area (Å²) in [4.78, 5) is 23.0. The molecule has 5 heteroatoms. The molecule has 2 atom stereocenters. The van der Waals surface area contributed by atoms with Crippen molar-refractivity contribution in [2.45, 2.75) is 12.3 Å². The smallest absolute Gasteiger partial charge is 0.340 e. The summed E-state index contributed by atoms with van der Waals surface area (Å²) in [5, 5.41) is 4.06. The van der Waals surface area contributed by atoms with Gasteiger partial charge in [-0.1, -0.05) is 6.58 Å². The maximum Gasteiger partial charge on any atom is 0.340 e. The quantitative estimate of drug-likeness (QED) is 0.335. The van der Waals surface area contributed by atoms with E-state index in [-0.39, 0.29) is 23.2 Å². The molecule has 17 heavy (non-hydrogen) atoms. The second-order valence-corrected chi connectivity index (χ2v) is 4.23. The van der Waals surface area contributed by atoms with E-state index < -0.39 is 5.97 Å². The first-order valence-corrected chi connectivity index (χ1v) is 5.34. The van der Waals surface area contributed by atoms with E-state index in [9.17, 15) is 9.59 Å². The zero-order chi connectivity index (χ0) is 12.6. The third kappa shape index (κ3) is 2.13. The van der Waals surface area contributed by atoms with Gasteiger partial charge in [-0.2, -0.15) is 5.10 Å². The molecule has 0 spiro atoms. The molecule has 90 valence electrons. The van der Waals surface area contributed by atoms with Gasteiger partial charge in [0.05, 0.1) is 18.9 Å². The van der Waals surface area contributed by atoms with E-state index in [0.717, 1.165) is 12.0 Å². The molecule has 1 aliphatic rings. The number of ketones is 1. The van der Waals surface area contributed by atoms with Gasteiger partial charge in [0, 0.05) is 19.2 Å². The van der Waals surface area contributed by atoms with Gasteiger partial charge < -0.3 is 4.74 Å². The average Bonchev–Trinajstić information content (AvgIpc) is 3.02. The predicted octanol–water partition coefficient (Wildman–Crippen LogP) is 0.822. The number of aryl methyl sites for hydroxylation is 1. The van der Waals surface area contributed by atoms with Crippen molar-refractivity contribution < 1.29 is 14.3 Å². The number of carbonyl (C=O) groups is 2. The fourth-order valence-corrected chi connectivity index (χ4v) is 1.93. The van der Waals surface area contributed by atoms with Crippen LogP contribution in [0.2, 0.25) is 0 Å². The third-order valence-electron chi connectivity index (χ3n) is 3.01. The number of nitrogens with zero attached hydrogens (tertiary/aromatic N) is 2. The van der Waals surface area contributed by atoms with Gasteiger partial charge in [0.2, 0.25) is 0 Å². The lowest BCUT2D eigenvalue weighted by molar-refractivity contribution is -0.137. The van der Waals surface area contributed by atoms with Gasteiger partial charge >= 0.3 is 5.97 Å². The van der Waals surface area contributed by atoms with Crippen LogP contribution < -0.4 is 0 Å². The second-order valence-electron chi connectivity index (χ2n) is 4.23. The van der Waals surface area contributed by atoms with Crippen molar-refractivity contribution in [1.82, 2.24) is 9.78 Å². The first-order valence-electron chi connectivity index (χ1n) is 5.34. The van der Waals surface area contributed by atoms with E-state index in [1.807, 2.05) is 13.2 Å². The molecule has 0 bridgehead atoms. The Morgan fingerprint density at radius 1 is 1.59 bits per heavy atom. The molecule has 0 saturated heterocycles. The minimum Gasteiger partial charge on any atom is -0.465 e. The predicted molar refractivity (Wildman–Crippen MR) is 60.2 cm³/mol. The molecule has 2 rings (SSSR count). The molecule has 1 fully saturated rings. The zero-order valence-electron chi connectivity index (χ0n) is 9.84. The standard InChI is InChI=1S/C12H14N2O3/c1-7(12(16)17-3)11(15)10-4-9(10)8-5-13-14(2)6-8/h5-6,9-10H,1,4H2,2-3H3/t9-,10+/m0/s1. The first kappa shape index (κ1) is 11.6. The van der Waals surface area contributed by atoms with Crippen molar-refractivity contribution >= 4 is 11.8 Å². The number of Topliss-reactive ketones (excluding diaryl/α,β-unsaturated/α-hetero) is 1. The maximum absolute atomic E-state index is 11.9. The maximum atomic E-state index is 11.9. The number of esters is 1. The van der Waals surface area contributed by atoms with Crippen LogP contribution in [0, 0.1) is 5.92 Å². The van der Waals surface area contributed by atoms with Gasteiger partial charge in [-0.05, 0) is 17.9 Å². The summed E-state index contributed by atoms with van der Waals surface area (Å²) >= 11 is 0. The van der Waals surface area contributed by atoms with E-state index in [2.05, 4.69) is 16.4 Å². The van der Waals surface area contributed by atoms with E-state index in [1.54, 1.807) is 10.9 Å². The minimum atomic E-state index is -0.646. The monoisotopic (exact) mass is 234 g/mol. The van der Waals surface area contributed by atoms with E-state index in [1.165, 1.54) is 7.11 Å². The molecule has 0 radical (unpaired) electrons. The van der Waals surface area contributed by atoms with Crippen LogP contribution in [-0.2, 0) is 21.4 Å². The van der Waals surface area contributed by atoms with Gasteiger partial charge in [0.25, 0.3) is 0 Å². The SMILES string of the molecule is C=C(C(=O)OC)C(=O)[C@@H]1C[C@H]1c1cnn(C)c1. The highest BCUT2D eigenvalue weighted by atomic mass is 16.5. The number of hydrogen-bond acceptors (Lipinski definition) is 4. The molecule has 5 nitrogen and oxygen atoms in total. The molecule has 0 N–H and O–H groups in total. The number of hydrogen-bond donors (Lipinski definition) is 0. The lowest BCUT2D eigenvalue weighted by atomic mass is 10.1. The van der Waals surface area contributed by atoms with Crippen molar-refractivity contribution in [2.24, 2.45) is 13.0 Å². The van der Waals surface area contributed by atoms with Crippen LogP contribution in [0.25, 0.3) is 0 Å². The number of ether oxygens (including phenoxy) is 1. The van der Waals surface area contributed by atoms with E-state index in [4.69, 9.17) is 0 Å². The fourth-order valence-electron chi connectivity index (χ4n) is 1.93. The molecule has 1 aromatic rings. The van der Waals surface area contributed by atoms with Gasteiger partial charge in [-0.15, -0.1) is 0 Å². The zero-order valence-corrected chi connectivity index (χ0v) is 9.84. The Balaban J connectivity index is 2.01. The Morgan fingerprint density at radius 3 is 2.82 bits per heavy atom. The summed E-state index contributed by atoms with van der Waals surface area (Å²) < 4.78 is 6.18. The minimum absolute atomic E-state index is 0.0658. The molecular weight excluding hydrogens is 220 g/mol. The Hall–Kier alpha value is -1.91. The van der Waals surface area contributed by atoms with Gasteiger partial charge in [0.1, 0.15) is 0 Å². The van der Waals surface area contributed by atoms with Crippen LogP contribution in [0.1, 0.15) is 17.9 Å². The van der Waals surface area contributed by atoms with Crippen LogP contribution in [-0.4, -0.2) is 28.6 Å². The third-order valence-corrected chi connectivity index (χ3v) is 3.01. The molecule has 0 aromatic carbocycles. The van der Waals surface area contributed by atoms with Crippen molar-refractivity contribution in [2.75, 3.05) is 7.11 Å². The summed E-state index contributed by atoms with van der Waals surface area (Å²) in [6.07, 6.45) is 4.39. The lowest BCUT2D eigenvalue weighted by Gasteiger charge is -2.01. The van der Waals surface area contributed by atoms with E-state index >= 15 is 0 Å². The molecule has 0 aliphatic heterocycles. The van der Waals surface area contributed by atoms with E-state index in [0.29, 0.717) is 0 Å². The van der Waals surface area contributed by atoms with Crippen LogP contribution in [0.4, 0.5) is 0 Å². The molecular formula is C12H14N2O3. The van der Waals surface area contributed by atoms with Crippen molar-refractivity contribution in [3.8, 4) is 0 Å². The number of rotatable bonds is 4. The largest absolute Gasteiger partial charge is 0.465 e. The summed E-state index contributed by atoms with van der Waals surface area (Å²) in [7, 11) is 3.07. The number of methoxy groups -OCH3 is 1. The Morgan fingerprint density at radius 2 is 2.29 bits per heavy atom. The highest BCUT2D eigenvalue weighted by Crippen LogP contribution is 2.48. The highest BCUT2D eigenvalue weighted by molar-refractivity contribution is 6.18. The number of aromatic nitrogens is 2. The first-order chi connectivity index (χ1) is 8.04. The summed E-state index contributed by atoms with van der Waals surface area (Å²) in [5.41, 5.74) is 0.965. The molecule has 0 unspecified atom stereocenters. The van der Waals surface area contributed by atoms with Crippen LogP contribution in [0.15, 0.2) is 24.5 Å². The second kappa shape index (κ2) is 4.16. The summed E-state index contributed by atoms with van der Waals surface area (Å²) in [6, 6.07) is 0. The lowest BCUT2D eigenvalue weighted by Crippen LogP contribution is -2.15. The van der Waals surface area contributed by atoms with Crippen LogP contribution in [0.3, 0.4) is 0 Å². The highest BCUT2D eigenvalue weighted by Gasteiger charge is 2.46. The topological polar surface area (TPSA) is 61.2 Å². The average molecular weight is 234 g/mol. The molecule has 1 aliphatic carbocycles. The van der Waals surface area contributed by atoms with Crippen LogP contribution in [0.5, 0.6) is 0 Å². The molecule has 1 saturated carbocycles. The molecule has 1 heterocycles. The van der Waals surface area contributed by atoms with Crippen molar-refractivity contribution in [3.05, 3.63) is 30.1 Å². The van der Waals surface area contributed by atoms with Gasteiger partial charge in [0.15, 0.2) is 5.78 Å². The Kier molecular flexibility index (Phi) is 2.83. The molecule has 0 amide bonds. The summed E-state index contributed by atoms with van der Waals surface area (Å²) in [5.74, 6) is -0.846. The normalized spacial score (nSPS) is 22.0. The van der Waals surface area contributed by atoms with Crippen LogP contribution >= 0.6 is 0 Å². The van der Waals surface area contributed by atoms with Gasteiger partial charge in [-0.25, -0.2) is 4.79 Å². The van der Waals surface area contributed by atoms with Crippen molar-refractivity contribution in [1.29, 1.82) is 0 Å². The Bertz CT molecular complexity index is 490. The summed E-state index contributed by atoms with van der Waals surface area (Å²) in [6.45, 7) is 3.48. The fraction of sp³-hybridized carbons (Fsp3) is 0.417. The molecule has 1 aromatic heterocycles.